The van der Waals surface area contributed by atoms with Crippen LogP contribution in [0.5, 0.6) is 0 Å². The Morgan fingerprint density at radius 2 is 1.06 bits per heavy atom. The Morgan fingerprint density at radius 1 is 0.667 bits per heavy atom. The quantitative estimate of drug-likeness (QED) is 0.783. The largest absolute Gasteiger partial charge is 0.488 e. The molecule has 0 fully saturated rings. The van der Waals surface area contributed by atoms with Gasteiger partial charge in [0.2, 0.25) is 0 Å². The molecule has 0 unspecified atom stereocenters. The maximum absolute atomic E-state index is 9.04. The van der Waals surface area contributed by atoms with Crippen LogP contribution >= 0.6 is 0 Å². The summed E-state index contributed by atoms with van der Waals surface area (Å²) in [5, 5.41) is 18.1. The zero-order valence-electron chi connectivity index (χ0n) is 10.7. The van der Waals surface area contributed by atoms with Crippen LogP contribution in [-0.2, 0) is 0 Å². The monoisotopic (exact) mass is 238 g/mol. The highest BCUT2D eigenvalue weighted by Crippen LogP contribution is 2.16. The number of benzene rings is 2. The van der Waals surface area contributed by atoms with Crippen molar-refractivity contribution in [2.24, 2.45) is 0 Å². The van der Waals surface area contributed by atoms with Crippen LogP contribution < -0.4 is 10.9 Å². The highest BCUT2D eigenvalue weighted by atomic mass is 16.4. The summed E-state index contributed by atoms with van der Waals surface area (Å²) < 4.78 is 0. The second kappa shape index (κ2) is 5.42. The predicted molar refractivity (Wildman–Crippen MR) is 78.8 cm³/mol. The minimum absolute atomic E-state index is 0.512. The van der Waals surface area contributed by atoms with Gasteiger partial charge in [0, 0.05) is 0 Å². The molecule has 2 aromatic rings. The van der Waals surface area contributed by atoms with Crippen LogP contribution in [0, 0.1) is 0 Å². The van der Waals surface area contributed by atoms with Gasteiger partial charge in [0.05, 0.1) is 0 Å². The van der Waals surface area contributed by atoms with Crippen molar-refractivity contribution in [1.82, 2.24) is 0 Å². The molecule has 0 heterocycles. The van der Waals surface area contributed by atoms with E-state index in [1.807, 2.05) is 12.1 Å². The molecule has 0 saturated heterocycles. The minimum atomic E-state index is -1.40. The molecule has 4 heteroatoms. The summed E-state index contributed by atoms with van der Waals surface area (Å²) in [6.45, 7) is 4.88. The minimum Gasteiger partial charge on any atom is -0.423 e. The van der Waals surface area contributed by atoms with E-state index >= 15 is 0 Å². The fraction of sp³-hybridized carbons (Fsp3) is 0.143. The molecule has 0 radical (unpaired) electrons. The van der Waals surface area contributed by atoms with Crippen LogP contribution in [0.3, 0.4) is 0 Å². The van der Waals surface area contributed by atoms with Crippen molar-refractivity contribution < 1.29 is 10.0 Å². The van der Waals surface area contributed by atoms with Gasteiger partial charge in [-0.2, -0.15) is 0 Å². The second-order valence-corrected chi connectivity index (χ2v) is 4.77. The highest BCUT2D eigenvalue weighted by molar-refractivity contribution is 6.70. The van der Waals surface area contributed by atoms with Crippen LogP contribution in [0.1, 0.15) is 0 Å². The van der Waals surface area contributed by atoms with Crippen LogP contribution in [0.4, 0.5) is 0 Å². The van der Waals surface area contributed by atoms with E-state index in [0.717, 1.165) is 11.1 Å². The van der Waals surface area contributed by atoms with Crippen molar-refractivity contribution in [2.45, 2.75) is 13.6 Å². The molecule has 0 aliphatic carbocycles. The predicted octanol–water partition coefficient (Wildman–Crippen LogP) is 0.995. The van der Waals surface area contributed by atoms with Crippen LogP contribution in [0.25, 0.3) is 11.1 Å². The van der Waals surface area contributed by atoms with Gasteiger partial charge in [-0.15, -0.1) is 0 Å². The van der Waals surface area contributed by atoms with Gasteiger partial charge in [-0.3, -0.25) is 0 Å². The van der Waals surface area contributed by atoms with Crippen molar-refractivity contribution >= 4 is 24.8 Å². The molecule has 0 bridgehead atoms. The lowest BCUT2D eigenvalue weighted by atomic mass is 9.49. The molecule has 2 N–H and O–H groups in total. The van der Waals surface area contributed by atoms with Gasteiger partial charge in [0.25, 0.3) is 0 Å². The summed E-state index contributed by atoms with van der Waals surface area (Å²) in [7, 11) is -1.40. The molecule has 0 amide bonds. The van der Waals surface area contributed by atoms with Crippen LogP contribution in [-0.4, -0.2) is 23.9 Å². The molecule has 18 heavy (non-hydrogen) atoms. The summed E-state index contributed by atoms with van der Waals surface area (Å²) in [4.78, 5) is 0. The Balaban J connectivity index is 2.25. The van der Waals surface area contributed by atoms with Crippen molar-refractivity contribution in [3.8, 4) is 11.1 Å². The van der Waals surface area contributed by atoms with Gasteiger partial charge in [-0.1, -0.05) is 67.6 Å². The highest BCUT2D eigenvalue weighted by Gasteiger charge is 2.10. The van der Waals surface area contributed by atoms with E-state index in [4.69, 9.17) is 10.0 Å². The molecule has 2 nitrogen and oxygen atoms in total. The normalized spacial score (nSPS) is 10.2. The molecular weight excluding hydrogens is 222 g/mol. The second-order valence-electron chi connectivity index (χ2n) is 4.77. The van der Waals surface area contributed by atoms with E-state index in [0.29, 0.717) is 12.2 Å². The van der Waals surface area contributed by atoms with Crippen molar-refractivity contribution in [2.75, 3.05) is 0 Å². The molecule has 0 spiro atoms. The van der Waals surface area contributed by atoms with Gasteiger partial charge in [-0.05, 0) is 16.6 Å². The van der Waals surface area contributed by atoms with E-state index in [9.17, 15) is 0 Å². The molecule has 0 aliphatic heterocycles. The molecule has 0 atom stereocenters. The molecule has 2 aromatic carbocycles. The molecular formula is C14H16B2O2. The van der Waals surface area contributed by atoms with E-state index in [-0.39, 0.29) is 0 Å². The lowest BCUT2D eigenvalue weighted by Gasteiger charge is -2.06. The Bertz CT molecular complexity index is 455. The lowest BCUT2D eigenvalue weighted by Crippen LogP contribution is -2.29. The van der Waals surface area contributed by atoms with E-state index in [1.165, 1.54) is 5.46 Å². The van der Waals surface area contributed by atoms with Gasteiger partial charge in [0.15, 0.2) is 6.71 Å². The number of hydrogen-bond acceptors (Lipinski definition) is 2. The Hall–Kier alpha value is -1.51. The maximum atomic E-state index is 9.04. The van der Waals surface area contributed by atoms with Gasteiger partial charge in [0.1, 0.15) is 0 Å². The summed E-state index contributed by atoms with van der Waals surface area (Å²) in [5.41, 5.74) is 4.05. The van der Waals surface area contributed by atoms with E-state index in [2.05, 4.69) is 37.9 Å². The molecule has 2 rings (SSSR count). The third-order valence-electron chi connectivity index (χ3n) is 3.12. The lowest BCUT2D eigenvalue weighted by molar-refractivity contribution is 0.426. The van der Waals surface area contributed by atoms with Gasteiger partial charge < -0.3 is 10.0 Å². The smallest absolute Gasteiger partial charge is 0.423 e. The first-order valence-corrected chi connectivity index (χ1v) is 6.14. The average Bonchev–Trinajstić information content (AvgIpc) is 2.39. The SMILES string of the molecule is CB(C)c1ccc(-c2ccc(B(O)O)cc2)cc1. The average molecular weight is 238 g/mol. The summed E-state index contributed by atoms with van der Waals surface area (Å²) in [6.07, 6.45) is 0. The fourth-order valence-electron chi connectivity index (χ4n) is 1.91. The Morgan fingerprint density at radius 3 is 1.39 bits per heavy atom. The third-order valence-corrected chi connectivity index (χ3v) is 3.12. The Kier molecular flexibility index (Phi) is 3.90. The van der Waals surface area contributed by atoms with Crippen LogP contribution in [0.2, 0.25) is 13.6 Å². The van der Waals surface area contributed by atoms with Crippen LogP contribution in [0.15, 0.2) is 48.5 Å². The molecule has 90 valence electrons. The van der Waals surface area contributed by atoms with Gasteiger partial charge in [-0.25, -0.2) is 0 Å². The zero-order valence-corrected chi connectivity index (χ0v) is 10.7. The standard InChI is InChI=1S/C14H16B2O2/c1-15(2)13-7-3-11(4-8-13)12-5-9-14(10-6-12)16(17)18/h3-10,17-18H,1-2H3. The first-order valence-electron chi connectivity index (χ1n) is 6.14. The summed E-state index contributed by atoms with van der Waals surface area (Å²) in [5.74, 6) is 0. The molecule has 0 aromatic heterocycles. The fourth-order valence-corrected chi connectivity index (χ4v) is 1.91. The Labute approximate surface area is 109 Å². The number of hydrogen-bond donors (Lipinski definition) is 2. The molecule has 0 aliphatic rings. The summed E-state index contributed by atoms with van der Waals surface area (Å²) >= 11 is 0. The summed E-state index contributed by atoms with van der Waals surface area (Å²) in [6, 6.07) is 15.7. The van der Waals surface area contributed by atoms with Crippen molar-refractivity contribution in [3.63, 3.8) is 0 Å². The van der Waals surface area contributed by atoms with E-state index in [1.54, 1.807) is 12.1 Å². The topological polar surface area (TPSA) is 40.5 Å². The zero-order chi connectivity index (χ0) is 13.1. The molecule has 0 saturated carbocycles. The van der Waals surface area contributed by atoms with E-state index < -0.39 is 7.12 Å². The maximum Gasteiger partial charge on any atom is 0.488 e. The van der Waals surface area contributed by atoms with Crippen molar-refractivity contribution in [3.05, 3.63) is 48.5 Å². The van der Waals surface area contributed by atoms with Gasteiger partial charge >= 0.3 is 7.12 Å². The first-order chi connectivity index (χ1) is 8.58. The number of rotatable bonds is 3. The third kappa shape index (κ3) is 2.84. The first kappa shape index (κ1) is 12.9. The van der Waals surface area contributed by atoms with Crippen molar-refractivity contribution in [1.29, 1.82) is 0 Å².